The molecule has 0 atom stereocenters. The van der Waals surface area contributed by atoms with Crippen LogP contribution in [0.3, 0.4) is 0 Å². The van der Waals surface area contributed by atoms with E-state index in [1.165, 1.54) is 6.33 Å². The number of nitrogens with one attached hydrogen (secondary N) is 1. The summed E-state index contributed by atoms with van der Waals surface area (Å²) in [5.41, 5.74) is -0.0722. The van der Waals surface area contributed by atoms with E-state index in [0.717, 1.165) is 18.8 Å². The Morgan fingerprint density at radius 1 is 1.60 bits per heavy atom. The Morgan fingerprint density at radius 2 is 2.27 bits per heavy atom. The number of rotatable bonds is 4. The molecule has 15 heavy (non-hydrogen) atoms. The summed E-state index contributed by atoms with van der Waals surface area (Å²) in [7, 11) is 1.96. The van der Waals surface area contributed by atoms with Gasteiger partial charge in [-0.3, -0.25) is 4.79 Å². The van der Waals surface area contributed by atoms with Gasteiger partial charge in [0, 0.05) is 13.6 Å². The van der Waals surface area contributed by atoms with E-state index in [1.807, 2.05) is 34.5 Å². The highest BCUT2D eigenvalue weighted by atomic mass is 127. The van der Waals surface area contributed by atoms with Crippen LogP contribution in [-0.4, -0.2) is 23.6 Å². The number of hydrogen-bond donors (Lipinski definition) is 1. The van der Waals surface area contributed by atoms with E-state index in [0.29, 0.717) is 9.49 Å². The van der Waals surface area contributed by atoms with Crippen LogP contribution in [0, 0.1) is 9.49 Å². The van der Waals surface area contributed by atoms with Crippen LogP contribution < -0.4 is 10.5 Å². The summed E-state index contributed by atoms with van der Waals surface area (Å²) in [6.45, 7) is 5.29. The third-order valence-electron chi connectivity index (χ3n) is 2.18. The topological polar surface area (TPSA) is 49.0 Å². The predicted molar refractivity (Wildman–Crippen MR) is 70.3 cm³/mol. The van der Waals surface area contributed by atoms with Crippen LogP contribution >= 0.6 is 22.6 Å². The molecule has 0 radical (unpaired) electrons. The molecule has 0 spiro atoms. The molecule has 0 bridgehead atoms. The van der Waals surface area contributed by atoms with Gasteiger partial charge in [-0.2, -0.15) is 0 Å². The van der Waals surface area contributed by atoms with E-state index in [9.17, 15) is 4.79 Å². The third kappa shape index (κ3) is 3.48. The number of aromatic nitrogens is 2. The van der Waals surface area contributed by atoms with Crippen molar-refractivity contribution in [2.45, 2.75) is 20.3 Å². The number of halogens is 1. The Bertz CT molecular complexity index is 375. The van der Waals surface area contributed by atoms with E-state index >= 15 is 0 Å². The largest absolute Gasteiger partial charge is 0.359 e. The van der Waals surface area contributed by atoms with Gasteiger partial charge in [0.2, 0.25) is 0 Å². The van der Waals surface area contributed by atoms with Crippen molar-refractivity contribution in [2.75, 3.05) is 18.5 Å². The number of nitrogens with zero attached hydrogens (tertiary/aromatic N) is 2. The molecule has 1 aromatic heterocycles. The lowest BCUT2D eigenvalue weighted by Gasteiger charge is -2.19. The van der Waals surface area contributed by atoms with Crippen LogP contribution in [0.2, 0.25) is 0 Å². The van der Waals surface area contributed by atoms with E-state index in [4.69, 9.17) is 0 Å². The van der Waals surface area contributed by atoms with Gasteiger partial charge >= 0.3 is 0 Å². The second-order valence-electron chi connectivity index (χ2n) is 3.97. The molecule has 1 rings (SSSR count). The fourth-order valence-electron chi connectivity index (χ4n) is 1.20. The van der Waals surface area contributed by atoms with Crippen LogP contribution in [-0.2, 0) is 0 Å². The van der Waals surface area contributed by atoms with Crippen molar-refractivity contribution in [3.8, 4) is 0 Å². The molecule has 1 heterocycles. The average molecular weight is 321 g/mol. The van der Waals surface area contributed by atoms with Gasteiger partial charge in [-0.15, -0.1) is 0 Å². The lowest BCUT2D eigenvalue weighted by Crippen LogP contribution is -2.25. The second-order valence-corrected chi connectivity index (χ2v) is 5.05. The van der Waals surface area contributed by atoms with E-state index < -0.39 is 0 Å². The maximum absolute atomic E-state index is 11.4. The molecule has 0 unspecified atom stereocenters. The van der Waals surface area contributed by atoms with Crippen molar-refractivity contribution >= 4 is 28.4 Å². The van der Waals surface area contributed by atoms with Crippen LogP contribution in [0.5, 0.6) is 0 Å². The molecular formula is C10H16IN3O. The monoisotopic (exact) mass is 321 g/mol. The summed E-state index contributed by atoms with van der Waals surface area (Å²) < 4.78 is 0.654. The fourth-order valence-corrected chi connectivity index (χ4v) is 1.90. The zero-order valence-electron chi connectivity index (χ0n) is 9.25. The van der Waals surface area contributed by atoms with Crippen LogP contribution in [0.4, 0.5) is 5.82 Å². The Kier molecular flexibility index (Phi) is 4.56. The molecule has 0 aliphatic rings. The molecule has 0 aliphatic heterocycles. The first-order valence-electron chi connectivity index (χ1n) is 4.96. The SMILES string of the molecule is CC(C)CCN(C)c1nc[nH]c(=O)c1I. The fraction of sp³-hybridized carbons (Fsp3) is 0.600. The first-order chi connectivity index (χ1) is 7.02. The summed E-state index contributed by atoms with van der Waals surface area (Å²) in [5.74, 6) is 1.42. The zero-order chi connectivity index (χ0) is 11.4. The summed E-state index contributed by atoms with van der Waals surface area (Å²) in [5, 5.41) is 0. The highest BCUT2D eigenvalue weighted by molar-refractivity contribution is 14.1. The minimum atomic E-state index is -0.0722. The normalized spacial score (nSPS) is 10.7. The van der Waals surface area contributed by atoms with Crippen molar-refractivity contribution in [1.29, 1.82) is 0 Å². The van der Waals surface area contributed by atoms with Gasteiger partial charge in [0.05, 0.1) is 6.33 Å². The average Bonchev–Trinajstić information content (AvgIpc) is 2.18. The number of hydrogen-bond acceptors (Lipinski definition) is 3. The standard InChI is InChI=1S/C10H16IN3O/c1-7(2)4-5-14(3)9-8(11)10(15)13-6-12-9/h6-7H,4-5H2,1-3H3,(H,12,13,15). The number of anilines is 1. The van der Waals surface area contributed by atoms with Crippen molar-refractivity contribution in [3.05, 3.63) is 20.3 Å². The molecule has 0 fully saturated rings. The van der Waals surface area contributed by atoms with Crippen molar-refractivity contribution in [2.24, 2.45) is 5.92 Å². The van der Waals surface area contributed by atoms with Gasteiger partial charge in [0.15, 0.2) is 0 Å². The summed E-state index contributed by atoms with van der Waals surface area (Å²) in [6, 6.07) is 0. The van der Waals surface area contributed by atoms with E-state index in [2.05, 4.69) is 23.8 Å². The third-order valence-corrected chi connectivity index (χ3v) is 3.15. The molecule has 0 saturated heterocycles. The molecule has 0 amide bonds. The Labute approximate surface area is 103 Å². The minimum absolute atomic E-state index is 0.0722. The van der Waals surface area contributed by atoms with Crippen molar-refractivity contribution < 1.29 is 0 Å². The Morgan fingerprint density at radius 3 is 2.87 bits per heavy atom. The highest BCUT2D eigenvalue weighted by Gasteiger charge is 2.10. The summed E-state index contributed by atoms with van der Waals surface area (Å²) >= 11 is 2.03. The lowest BCUT2D eigenvalue weighted by molar-refractivity contribution is 0.583. The molecule has 0 saturated carbocycles. The van der Waals surface area contributed by atoms with Gasteiger partial charge in [0.25, 0.3) is 5.56 Å². The maximum atomic E-state index is 11.4. The molecule has 4 nitrogen and oxygen atoms in total. The van der Waals surface area contributed by atoms with Crippen LogP contribution in [0.15, 0.2) is 11.1 Å². The van der Waals surface area contributed by atoms with E-state index in [1.54, 1.807) is 0 Å². The van der Waals surface area contributed by atoms with Gasteiger partial charge < -0.3 is 9.88 Å². The van der Waals surface area contributed by atoms with Crippen molar-refractivity contribution in [3.63, 3.8) is 0 Å². The molecule has 1 aromatic rings. The van der Waals surface area contributed by atoms with Crippen molar-refractivity contribution in [1.82, 2.24) is 9.97 Å². The summed E-state index contributed by atoms with van der Waals surface area (Å²) in [6.07, 6.45) is 2.55. The van der Waals surface area contributed by atoms with Gasteiger partial charge in [-0.25, -0.2) is 4.98 Å². The first-order valence-corrected chi connectivity index (χ1v) is 6.04. The quantitative estimate of drug-likeness (QED) is 0.861. The predicted octanol–water partition coefficient (Wildman–Crippen LogP) is 1.86. The number of H-pyrrole nitrogens is 1. The molecule has 0 aromatic carbocycles. The molecule has 84 valence electrons. The molecule has 5 heteroatoms. The van der Waals surface area contributed by atoms with Crippen LogP contribution in [0.1, 0.15) is 20.3 Å². The molecular weight excluding hydrogens is 305 g/mol. The second kappa shape index (κ2) is 5.48. The number of aromatic amines is 1. The maximum Gasteiger partial charge on any atom is 0.266 e. The zero-order valence-corrected chi connectivity index (χ0v) is 11.4. The van der Waals surface area contributed by atoms with Gasteiger partial charge in [0.1, 0.15) is 9.39 Å². The molecule has 1 N–H and O–H groups in total. The van der Waals surface area contributed by atoms with E-state index in [-0.39, 0.29) is 5.56 Å². The van der Waals surface area contributed by atoms with Gasteiger partial charge in [-0.1, -0.05) is 13.8 Å². The minimum Gasteiger partial charge on any atom is -0.359 e. The summed E-state index contributed by atoms with van der Waals surface area (Å²) in [4.78, 5) is 20.1. The Hall–Kier alpha value is -0.590. The lowest BCUT2D eigenvalue weighted by atomic mass is 10.1. The highest BCUT2D eigenvalue weighted by Crippen LogP contribution is 2.14. The molecule has 0 aliphatic carbocycles. The van der Waals surface area contributed by atoms with Crippen LogP contribution in [0.25, 0.3) is 0 Å². The first kappa shape index (κ1) is 12.5. The Balaban J connectivity index is 2.78. The smallest absolute Gasteiger partial charge is 0.266 e. The van der Waals surface area contributed by atoms with Gasteiger partial charge in [-0.05, 0) is 34.9 Å².